The summed E-state index contributed by atoms with van der Waals surface area (Å²) in [6, 6.07) is 14.6. The van der Waals surface area contributed by atoms with Crippen LogP contribution in [0.3, 0.4) is 0 Å². The van der Waals surface area contributed by atoms with Gasteiger partial charge in [-0.3, -0.25) is 4.79 Å². The van der Waals surface area contributed by atoms with Gasteiger partial charge in [0.2, 0.25) is 0 Å². The Morgan fingerprint density at radius 2 is 1.86 bits per heavy atom. The predicted octanol–water partition coefficient (Wildman–Crippen LogP) is 3.61. The molecule has 0 saturated heterocycles. The maximum atomic E-state index is 12.0. The van der Waals surface area contributed by atoms with Gasteiger partial charge in [-0.2, -0.15) is 5.10 Å². The van der Waals surface area contributed by atoms with Gasteiger partial charge in [-0.1, -0.05) is 28.1 Å². The number of nitrogens with one attached hydrogen (secondary N) is 1. The quantitative estimate of drug-likeness (QED) is 0.679. The zero-order valence-electron chi connectivity index (χ0n) is 11.8. The lowest BCUT2D eigenvalue weighted by atomic mass is 10.1. The standard InChI is InChI=1S/C16H15BrN2O2/c1-11(13-4-3-5-15(10-13)21-2)18-19-16(20)12-6-8-14(17)9-7-12/h3-10H,1-2H3,(H,19,20)/b18-11-. The SMILES string of the molecule is COc1cccc(/C(C)=N\NC(=O)c2ccc(Br)cc2)c1. The van der Waals surface area contributed by atoms with Gasteiger partial charge in [0.25, 0.3) is 5.91 Å². The number of benzene rings is 2. The second-order valence-electron chi connectivity index (χ2n) is 4.38. The van der Waals surface area contributed by atoms with Crippen LogP contribution in [0.4, 0.5) is 0 Å². The summed E-state index contributed by atoms with van der Waals surface area (Å²) in [5.74, 6) is 0.506. The molecule has 0 aliphatic rings. The van der Waals surface area contributed by atoms with Crippen molar-refractivity contribution in [2.75, 3.05) is 7.11 Å². The van der Waals surface area contributed by atoms with Crippen molar-refractivity contribution in [1.29, 1.82) is 0 Å². The molecule has 0 aliphatic carbocycles. The predicted molar refractivity (Wildman–Crippen MR) is 86.8 cm³/mol. The van der Waals surface area contributed by atoms with Crippen LogP contribution >= 0.6 is 15.9 Å². The van der Waals surface area contributed by atoms with Crippen LogP contribution in [0.5, 0.6) is 5.75 Å². The molecule has 108 valence electrons. The van der Waals surface area contributed by atoms with Crippen molar-refractivity contribution in [1.82, 2.24) is 5.43 Å². The topological polar surface area (TPSA) is 50.7 Å². The van der Waals surface area contributed by atoms with Crippen LogP contribution in [0.2, 0.25) is 0 Å². The average molecular weight is 347 g/mol. The molecule has 0 heterocycles. The van der Waals surface area contributed by atoms with Crippen molar-refractivity contribution in [2.24, 2.45) is 5.10 Å². The van der Waals surface area contributed by atoms with Crippen molar-refractivity contribution in [3.8, 4) is 5.75 Å². The molecule has 2 aromatic carbocycles. The lowest BCUT2D eigenvalue weighted by Crippen LogP contribution is -2.19. The Balaban J connectivity index is 2.09. The van der Waals surface area contributed by atoms with Crippen LogP contribution in [0, 0.1) is 0 Å². The number of methoxy groups -OCH3 is 1. The summed E-state index contributed by atoms with van der Waals surface area (Å²) >= 11 is 3.33. The van der Waals surface area contributed by atoms with E-state index >= 15 is 0 Å². The third kappa shape index (κ3) is 4.16. The molecule has 4 nitrogen and oxygen atoms in total. The normalized spacial score (nSPS) is 11.1. The van der Waals surface area contributed by atoms with Crippen LogP contribution in [0.25, 0.3) is 0 Å². The smallest absolute Gasteiger partial charge is 0.271 e. The van der Waals surface area contributed by atoms with Gasteiger partial charge in [-0.25, -0.2) is 5.43 Å². The second-order valence-corrected chi connectivity index (χ2v) is 5.29. The van der Waals surface area contributed by atoms with E-state index in [1.54, 1.807) is 19.2 Å². The third-order valence-corrected chi connectivity index (χ3v) is 3.45. The fraction of sp³-hybridized carbons (Fsp3) is 0.125. The average Bonchev–Trinajstić information content (AvgIpc) is 2.53. The van der Waals surface area contributed by atoms with Crippen LogP contribution in [0.15, 0.2) is 58.1 Å². The van der Waals surface area contributed by atoms with E-state index in [2.05, 4.69) is 26.5 Å². The van der Waals surface area contributed by atoms with Gasteiger partial charge in [0.1, 0.15) is 5.75 Å². The lowest BCUT2D eigenvalue weighted by molar-refractivity contribution is 0.0955. The molecule has 21 heavy (non-hydrogen) atoms. The lowest BCUT2D eigenvalue weighted by Gasteiger charge is -2.05. The maximum Gasteiger partial charge on any atom is 0.271 e. The number of nitrogens with zero attached hydrogens (tertiary/aromatic N) is 1. The van der Waals surface area contributed by atoms with E-state index in [0.29, 0.717) is 11.3 Å². The molecule has 0 spiro atoms. The number of ether oxygens (including phenoxy) is 1. The molecule has 2 rings (SSSR count). The number of carbonyl (C=O) groups is 1. The molecule has 5 heteroatoms. The largest absolute Gasteiger partial charge is 0.497 e. The van der Waals surface area contributed by atoms with Crippen LogP contribution in [-0.2, 0) is 0 Å². The molecule has 0 saturated carbocycles. The number of hydrogen-bond donors (Lipinski definition) is 1. The molecular weight excluding hydrogens is 332 g/mol. The van der Waals surface area contributed by atoms with Crippen molar-refractivity contribution < 1.29 is 9.53 Å². The van der Waals surface area contributed by atoms with Gasteiger partial charge in [0, 0.05) is 15.6 Å². The van der Waals surface area contributed by atoms with Crippen molar-refractivity contribution in [2.45, 2.75) is 6.92 Å². The van der Waals surface area contributed by atoms with Gasteiger partial charge in [-0.15, -0.1) is 0 Å². The molecule has 0 unspecified atom stereocenters. The van der Waals surface area contributed by atoms with E-state index < -0.39 is 0 Å². The summed E-state index contributed by atoms with van der Waals surface area (Å²) in [5, 5.41) is 4.12. The van der Waals surface area contributed by atoms with E-state index in [-0.39, 0.29) is 5.91 Å². The van der Waals surface area contributed by atoms with E-state index in [1.165, 1.54) is 0 Å². The van der Waals surface area contributed by atoms with E-state index in [1.807, 2.05) is 43.3 Å². The molecule has 0 atom stereocenters. The Bertz CT molecular complexity index is 666. The molecule has 2 aromatic rings. The summed E-state index contributed by atoms with van der Waals surface area (Å²) in [6.45, 7) is 1.83. The fourth-order valence-electron chi connectivity index (χ4n) is 1.71. The molecule has 0 aliphatic heterocycles. The minimum Gasteiger partial charge on any atom is -0.497 e. The number of carbonyl (C=O) groups excluding carboxylic acids is 1. The Morgan fingerprint density at radius 1 is 1.14 bits per heavy atom. The molecular formula is C16H15BrN2O2. The molecule has 0 radical (unpaired) electrons. The van der Waals surface area contributed by atoms with Gasteiger partial charge < -0.3 is 4.74 Å². The summed E-state index contributed by atoms with van der Waals surface area (Å²) in [7, 11) is 1.61. The molecule has 1 N–H and O–H groups in total. The van der Waals surface area contributed by atoms with Crippen molar-refractivity contribution >= 4 is 27.5 Å². The summed E-state index contributed by atoms with van der Waals surface area (Å²) < 4.78 is 6.09. The Hall–Kier alpha value is -2.14. The first kappa shape index (κ1) is 15.3. The minimum absolute atomic E-state index is 0.246. The van der Waals surface area contributed by atoms with Crippen LogP contribution in [-0.4, -0.2) is 18.7 Å². The van der Waals surface area contributed by atoms with E-state index in [0.717, 1.165) is 15.8 Å². The third-order valence-electron chi connectivity index (χ3n) is 2.92. The highest BCUT2D eigenvalue weighted by molar-refractivity contribution is 9.10. The van der Waals surface area contributed by atoms with Crippen molar-refractivity contribution in [3.05, 3.63) is 64.1 Å². The zero-order valence-corrected chi connectivity index (χ0v) is 13.3. The molecule has 0 fully saturated rings. The highest BCUT2D eigenvalue weighted by atomic mass is 79.9. The second kappa shape index (κ2) is 7.04. The summed E-state index contributed by atoms with van der Waals surface area (Å²) in [4.78, 5) is 12.0. The number of amides is 1. The highest BCUT2D eigenvalue weighted by Gasteiger charge is 2.05. The monoisotopic (exact) mass is 346 g/mol. The first-order valence-corrected chi connectivity index (χ1v) is 7.14. The summed E-state index contributed by atoms with van der Waals surface area (Å²) in [5.41, 5.74) is 4.70. The zero-order chi connectivity index (χ0) is 15.2. The number of halogens is 1. The Morgan fingerprint density at radius 3 is 2.52 bits per heavy atom. The van der Waals surface area contributed by atoms with Crippen LogP contribution in [0.1, 0.15) is 22.8 Å². The van der Waals surface area contributed by atoms with Gasteiger partial charge in [-0.05, 0) is 43.3 Å². The first-order valence-electron chi connectivity index (χ1n) is 6.35. The Labute approximate surface area is 132 Å². The van der Waals surface area contributed by atoms with Gasteiger partial charge in [0.15, 0.2) is 0 Å². The van der Waals surface area contributed by atoms with Gasteiger partial charge in [0.05, 0.1) is 12.8 Å². The maximum absolute atomic E-state index is 12.0. The fourth-order valence-corrected chi connectivity index (χ4v) is 1.98. The van der Waals surface area contributed by atoms with E-state index in [9.17, 15) is 4.79 Å². The van der Waals surface area contributed by atoms with Gasteiger partial charge >= 0.3 is 0 Å². The first-order chi connectivity index (χ1) is 10.1. The Kier molecular flexibility index (Phi) is 5.11. The minimum atomic E-state index is -0.246. The molecule has 0 aromatic heterocycles. The molecule has 0 bridgehead atoms. The van der Waals surface area contributed by atoms with E-state index in [4.69, 9.17) is 4.74 Å². The number of rotatable bonds is 4. The van der Waals surface area contributed by atoms with Crippen LogP contribution < -0.4 is 10.2 Å². The molecule has 1 amide bonds. The van der Waals surface area contributed by atoms with Crippen molar-refractivity contribution in [3.63, 3.8) is 0 Å². The highest BCUT2D eigenvalue weighted by Crippen LogP contribution is 2.13. The number of hydrazone groups is 1. The number of hydrogen-bond acceptors (Lipinski definition) is 3. The summed E-state index contributed by atoms with van der Waals surface area (Å²) in [6.07, 6.45) is 0.